The summed E-state index contributed by atoms with van der Waals surface area (Å²) in [6.45, 7) is 4.00. The maximum atomic E-state index is 12.7. The fraction of sp³-hybridized carbons (Fsp3) is 0.231. The van der Waals surface area contributed by atoms with Crippen molar-refractivity contribution in [2.75, 3.05) is 0 Å². The van der Waals surface area contributed by atoms with Crippen LogP contribution in [0.1, 0.15) is 25.8 Å². The zero-order chi connectivity index (χ0) is 15.1. The maximum Gasteiger partial charge on any atom is 0.278 e. The van der Waals surface area contributed by atoms with Gasteiger partial charge in [0, 0.05) is 24.0 Å². The highest BCUT2D eigenvalue weighted by Gasteiger charge is 2.22. The second-order valence-corrected chi connectivity index (χ2v) is 3.40. The summed E-state index contributed by atoms with van der Waals surface area (Å²) in [7, 11) is 0. The molecule has 0 amide bonds. The number of halogens is 2. The van der Waals surface area contributed by atoms with Gasteiger partial charge in [-0.2, -0.15) is 0 Å². The molecule has 0 fully saturated rings. The molecule has 0 aliphatic heterocycles. The van der Waals surface area contributed by atoms with Crippen LogP contribution in [0.3, 0.4) is 0 Å². The Morgan fingerprint density at radius 1 is 1.20 bits per heavy atom. The van der Waals surface area contributed by atoms with Gasteiger partial charge in [-0.1, -0.05) is 13.8 Å². The average Bonchev–Trinajstić information content (AvgIpc) is 2.49. The first-order chi connectivity index (χ1) is 9.59. The molecule has 0 aliphatic carbocycles. The lowest BCUT2D eigenvalue weighted by Gasteiger charge is -2.04. The van der Waals surface area contributed by atoms with Crippen LogP contribution in [-0.2, 0) is 0 Å². The summed E-state index contributed by atoms with van der Waals surface area (Å²) in [5, 5.41) is 10.6. The Kier molecular flexibility index (Phi) is 5.64. The van der Waals surface area contributed by atoms with Crippen molar-refractivity contribution >= 4 is 5.69 Å². The molecule has 0 aliphatic rings. The van der Waals surface area contributed by atoms with E-state index in [2.05, 4.69) is 9.97 Å². The van der Waals surface area contributed by atoms with E-state index < -0.39 is 22.6 Å². The molecule has 7 heteroatoms. The van der Waals surface area contributed by atoms with Crippen LogP contribution in [0.25, 0.3) is 11.4 Å². The van der Waals surface area contributed by atoms with Gasteiger partial charge in [0.1, 0.15) is 0 Å². The van der Waals surface area contributed by atoms with Crippen molar-refractivity contribution in [3.63, 3.8) is 0 Å². The highest BCUT2D eigenvalue weighted by atomic mass is 19.3. The van der Waals surface area contributed by atoms with E-state index in [1.54, 1.807) is 6.07 Å². The summed E-state index contributed by atoms with van der Waals surface area (Å²) in [4.78, 5) is 17.6. The van der Waals surface area contributed by atoms with Crippen molar-refractivity contribution in [1.29, 1.82) is 0 Å². The number of aromatic nitrogens is 2. The van der Waals surface area contributed by atoms with Gasteiger partial charge in [-0.25, -0.2) is 18.7 Å². The Hall–Kier alpha value is -2.44. The van der Waals surface area contributed by atoms with Gasteiger partial charge < -0.3 is 0 Å². The van der Waals surface area contributed by atoms with Gasteiger partial charge in [-0.3, -0.25) is 10.1 Å². The summed E-state index contributed by atoms with van der Waals surface area (Å²) in [6.07, 6.45) is 0.00600. The standard InChI is InChI=1S/C11H7F2N3O2.C2H6/c12-10(13)8-6-7(2-3-9(8)16(17)18)11-14-4-1-5-15-11;1-2/h1-6,10H;1-2H3. The molecule has 1 aromatic carbocycles. The molecule has 0 N–H and O–H groups in total. The summed E-state index contributed by atoms with van der Waals surface area (Å²) in [5.74, 6) is 0.245. The molecule has 0 atom stereocenters. The number of hydrogen-bond acceptors (Lipinski definition) is 4. The van der Waals surface area contributed by atoms with Crippen LogP contribution in [0.2, 0.25) is 0 Å². The smallest absolute Gasteiger partial charge is 0.258 e. The quantitative estimate of drug-likeness (QED) is 0.629. The van der Waals surface area contributed by atoms with Crippen LogP contribution in [-0.4, -0.2) is 14.9 Å². The SMILES string of the molecule is CC.O=[N+]([O-])c1ccc(-c2ncccn2)cc1C(F)F. The minimum atomic E-state index is -2.92. The van der Waals surface area contributed by atoms with Gasteiger partial charge in [-0.05, 0) is 18.2 Å². The number of nitro groups is 1. The van der Waals surface area contributed by atoms with E-state index >= 15 is 0 Å². The van der Waals surface area contributed by atoms with Crippen molar-refractivity contribution in [3.05, 3.63) is 52.3 Å². The summed E-state index contributed by atoms with van der Waals surface area (Å²) < 4.78 is 25.5. The lowest BCUT2D eigenvalue weighted by molar-refractivity contribution is -0.386. The number of nitrogens with zero attached hydrogens (tertiary/aromatic N) is 3. The highest BCUT2D eigenvalue weighted by Crippen LogP contribution is 2.31. The number of benzene rings is 1. The van der Waals surface area contributed by atoms with E-state index in [1.165, 1.54) is 18.5 Å². The third kappa shape index (κ3) is 3.53. The van der Waals surface area contributed by atoms with E-state index in [-0.39, 0.29) is 5.82 Å². The van der Waals surface area contributed by atoms with Crippen LogP contribution in [0.4, 0.5) is 14.5 Å². The molecule has 106 valence electrons. The Bertz CT molecular complexity index is 577. The number of hydrogen-bond donors (Lipinski definition) is 0. The van der Waals surface area contributed by atoms with Gasteiger partial charge in [0.05, 0.1) is 10.5 Å². The highest BCUT2D eigenvalue weighted by molar-refractivity contribution is 5.60. The summed E-state index contributed by atoms with van der Waals surface area (Å²) >= 11 is 0. The van der Waals surface area contributed by atoms with E-state index in [1.807, 2.05) is 13.8 Å². The molecule has 1 heterocycles. The molecule has 5 nitrogen and oxygen atoms in total. The summed E-state index contributed by atoms with van der Waals surface area (Å²) in [5.41, 5.74) is -0.925. The van der Waals surface area contributed by atoms with E-state index in [9.17, 15) is 18.9 Å². The van der Waals surface area contributed by atoms with Crippen LogP contribution in [0.5, 0.6) is 0 Å². The van der Waals surface area contributed by atoms with Crippen LogP contribution in [0.15, 0.2) is 36.7 Å². The molecule has 0 saturated heterocycles. The molecule has 2 aromatic rings. The number of nitro benzene ring substituents is 1. The van der Waals surface area contributed by atoms with Crippen molar-refractivity contribution in [3.8, 4) is 11.4 Å². The number of alkyl halides is 2. The second kappa shape index (κ2) is 7.22. The largest absolute Gasteiger partial charge is 0.278 e. The normalized spacial score (nSPS) is 9.85. The predicted molar refractivity (Wildman–Crippen MR) is 70.4 cm³/mol. The Balaban J connectivity index is 0.000000956. The predicted octanol–water partition coefficient (Wildman–Crippen LogP) is 4.02. The van der Waals surface area contributed by atoms with Crippen molar-refractivity contribution in [2.24, 2.45) is 0 Å². The van der Waals surface area contributed by atoms with Crippen LogP contribution >= 0.6 is 0 Å². The van der Waals surface area contributed by atoms with Gasteiger partial charge >= 0.3 is 0 Å². The van der Waals surface area contributed by atoms with Crippen molar-refractivity contribution in [1.82, 2.24) is 9.97 Å². The molecule has 0 saturated carbocycles. The molecule has 2 rings (SSSR count). The zero-order valence-corrected chi connectivity index (χ0v) is 11.0. The lowest BCUT2D eigenvalue weighted by atomic mass is 10.1. The van der Waals surface area contributed by atoms with E-state index in [4.69, 9.17) is 0 Å². The Morgan fingerprint density at radius 2 is 1.80 bits per heavy atom. The van der Waals surface area contributed by atoms with E-state index in [0.717, 1.165) is 12.1 Å². The first-order valence-corrected chi connectivity index (χ1v) is 5.93. The van der Waals surface area contributed by atoms with Gasteiger partial charge in [0.2, 0.25) is 0 Å². The summed E-state index contributed by atoms with van der Waals surface area (Å²) in [6, 6.07) is 5.01. The third-order valence-corrected chi connectivity index (χ3v) is 2.28. The molecular formula is C13H13F2N3O2. The molecular weight excluding hydrogens is 268 g/mol. The zero-order valence-electron chi connectivity index (χ0n) is 11.0. The molecule has 0 radical (unpaired) electrons. The fourth-order valence-electron chi connectivity index (χ4n) is 1.48. The topological polar surface area (TPSA) is 68.9 Å². The van der Waals surface area contributed by atoms with Crippen molar-refractivity contribution in [2.45, 2.75) is 20.3 Å². The molecule has 20 heavy (non-hydrogen) atoms. The maximum absolute atomic E-state index is 12.7. The fourth-order valence-corrected chi connectivity index (χ4v) is 1.48. The monoisotopic (exact) mass is 281 g/mol. The van der Waals surface area contributed by atoms with Crippen molar-refractivity contribution < 1.29 is 13.7 Å². The van der Waals surface area contributed by atoms with Gasteiger partial charge in [0.25, 0.3) is 12.1 Å². The Labute approximate surface area is 114 Å². The number of rotatable bonds is 3. The first-order valence-electron chi connectivity index (χ1n) is 5.93. The molecule has 0 unspecified atom stereocenters. The minimum absolute atomic E-state index is 0.245. The average molecular weight is 281 g/mol. The lowest BCUT2D eigenvalue weighted by Crippen LogP contribution is -1.97. The van der Waals surface area contributed by atoms with Crippen LogP contribution in [0, 0.1) is 10.1 Å². The molecule has 1 aromatic heterocycles. The van der Waals surface area contributed by atoms with Gasteiger partial charge in [-0.15, -0.1) is 0 Å². The molecule has 0 spiro atoms. The third-order valence-electron chi connectivity index (χ3n) is 2.28. The second-order valence-electron chi connectivity index (χ2n) is 3.40. The van der Waals surface area contributed by atoms with E-state index in [0.29, 0.717) is 5.56 Å². The van der Waals surface area contributed by atoms with Gasteiger partial charge in [0.15, 0.2) is 5.82 Å². The van der Waals surface area contributed by atoms with Crippen LogP contribution < -0.4 is 0 Å². The Morgan fingerprint density at radius 3 is 2.30 bits per heavy atom. The first kappa shape index (κ1) is 15.6. The molecule has 0 bridgehead atoms. The minimum Gasteiger partial charge on any atom is -0.258 e.